The molecular weight excluding hydrogens is 403 g/mol. The Kier molecular flexibility index (Phi) is 7.99. The summed E-state index contributed by atoms with van der Waals surface area (Å²) in [5.41, 5.74) is 2.26. The number of carboxylic acids is 1. The van der Waals surface area contributed by atoms with Crippen molar-refractivity contribution in [3.05, 3.63) is 54.1 Å². The number of carbonyl (C=O) groups excluding carboxylic acids is 1. The molecule has 7 nitrogen and oxygen atoms in total. The van der Waals surface area contributed by atoms with E-state index >= 15 is 0 Å². The van der Waals surface area contributed by atoms with Gasteiger partial charge in [0.1, 0.15) is 0 Å². The Morgan fingerprint density at radius 2 is 1.87 bits per heavy atom. The fourth-order valence-electron chi connectivity index (χ4n) is 2.89. The van der Waals surface area contributed by atoms with Crippen LogP contribution in [-0.4, -0.2) is 50.3 Å². The topological polar surface area (TPSA) is 84.7 Å². The quantitative estimate of drug-likeness (QED) is 0.811. The summed E-state index contributed by atoms with van der Waals surface area (Å²) in [6, 6.07) is 8.01. The van der Waals surface area contributed by atoms with Crippen molar-refractivity contribution >= 4 is 11.9 Å². The van der Waals surface area contributed by atoms with Crippen LogP contribution in [0, 0.1) is 5.92 Å². The molecule has 1 atom stereocenters. The van der Waals surface area contributed by atoms with Gasteiger partial charge in [-0.2, -0.15) is 13.2 Å². The third-order valence-electron chi connectivity index (χ3n) is 4.38. The van der Waals surface area contributed by atoms with Crippen LogP contribution in [0.25, 0.3) is 0 Å². The second-order valence-corrected chi connectivity index (χ2v) is 7.12. The van der Waals surface area contributed by atoms with Crippen LogP contribution in [-0.2, 0) is 34.0 Å². The molecule has 0 aliphatic carbocycles. The van der Waals surface area contributed by atoms with E-state index in [1.54, 1.807) is 12.4 Å². The average Bonchev–Trinajstić information content (AvgIpc) is 3.04. The van der Waals surface area contributed by atoms with E-state index in [9.17, 15) is 18.0 Å². The van der Waals surface area contributed by atoms with Crippen LogP contribution < -0.4 is 0 Å². The van der Waals surface area contributed by atoms with Crippen molar-refractivity contribution in [2.24, 2.45) is 5.92 Å². The zero-order valence-corrected chi connectivity index (χ0v) is 16.7. The minimum atomic E-state index is -5.08. The second-order valence-electron chi connectivity index (χ2n) is 7.12. The number of rotatable bonds is 4. The van der Waals surface area contributed by atoms with Crippen molar-refractivity contribution < 1.29 is 32.6 Å². The van der Waals surface area contributed by atoms with Gasteiger partial charge in [0.05, 0.1) is 25.8 Å². The molecule has 3 rings (SSSR count). The van der Waals surface area contributed by atoms with Crippen molar-refractivity contribution in [3.8, 4) is 0 Å². The summed E-state index contributed by atoms with van der Waals surface area (Å²) in [4.78, 5) is 27.3. The molecule has 1 unspecified atom stereocenters. The molecule has 0 aromatic carbocycles. The lowest BCUT2D eigenvalue weighted by atomic mass is 10.1. The molecule has 0 bridgehead atoms. The molecule has 3 heterocycles. The van der Waals surface area contributed by atoms with E-state index in [2.05, 4.69) is 21.8 Å². The lowest BCUT2D eigenvalue weighted by Crippen LogP contribution is -2.39. The highest BCUT2D eigenvalue weighted by molar-refractivity contribution is 5.78. The number of nitrogens with zero attached hydrogens (tertiary/aromatic N) is 3. The number of alkyl halides is 3. The van der Waals surface area contributed by atoms with Crippen LogP contribution >= 0.6 is 0 Å². The van der Waals surface area contributed by atoms with Crippen LogP contribution in [0.2, 0.25) is 0 Å². The lowest BCUT2D eigenvalue weighted by Gasteiger charge is -2.26. The molecular formula is C20H24F3N3O4. The van der Waals surface area contributed by atoms with Crippen LogP contribution in [0.1, 0.15) is 25.1 Å². The molecule has 2 aromatic rings. The van der Waals surface area contributed by atoms with Gasteiger partial charge in [-0.25, -0.2) is 4.79 Å². The monoisotopic (exact) mass is 427 g/mol. The maximum atomic E-state index is 12.5. The molecule has 1 N–H and O–H groups in total. The van der Waals surface area contributed by atoms with Gasteiger partial charge in [-0.1, -0.05) is 13.8 Å². The number of hydrogen-bond acceptors (Lipinski definition) is 4. The van der Waals surface area contributed by atoms with E-state index in [0.717, 1.165) is 17.8 Å². The fraction of sp³-hybridized carbons (Fsp3) is 0.450. The van der Waals surface area contributed by atoms with E-state index < -0.39 is 12.1 Å². The van der Waals surface area contributed by atoms with Crippen LogP contribution in [0.5, 0.6) is 0 Å². The summed E-state index contributed by atoms with van der Waals surface area (Å²) in [5, 5.41) is 7.12. The lowest BCUT2D eigenvalue weighted by molar-refractivity contribution is -0.192. The number of ether oxygens (including phenoxy) is 1. The largest absolute Gasteiger partial charge is 0.490 e. The van der Waals surface area contributed by atoms with E-state index in [-0.39, 0.29) is 17.9 Å². The third-order valence-corrected chi connectivity index (χ3v) is 4.38. The van der Waals surface area contributed by atoms with Gasteiger partial charge in [-0.15, -0.1) is 0 Å². The second kappa shape index (κ2) is 10.2. The summed E-state index contributed by atoms with van der Waals surface area (Å²) in [6.07, 6.45) is 0.496. The number of aromatic nitrogens is 2. The SMILES string of the molecule is CC(C)C(=O)N1Cc2cccn2CC(OCc2ccncc2)C1.O=C(O)C(F)(F)F. The Bertz CT molecular complexity index is 837. The van der Waals surface area contributed by atoms with E-state index in [1.165, 1.54) is 0 Å². The predicted molar refractivity (Wildman–Crippen MR) is 101 cm³/mol. The summed E-state index contributed by atoms with van der Waals surface area (Å²) in [5.74, 6) is -2.58. The summed E-state index contributed by atoms with van der Waals surface area (Å²) in [6.45, 7) is 6.48. The van der Waals surface area contributed by atoms with Gasteiger partial charge in [0.15, 0.2) is 0 Å². The molecule has 1 aliphatic rings. The Morgan fingerprint density at radius 1 is 1.23 bits per heavy atom. The van der Waals surface area contributed by atoms with Crippen molar-refractivity contribution in [3.63, 3.8) is 0 Å². The van der Waals surface area contributed by atoms with Gasteiger partial charge in [0.2, 0.25) is 5.91 Å². The first-order chi connectivity index (χ1) is 14.1. The van der Waals surface area contributed by atoms with Crippen LogP contribution in [0.15, 0.2) is 42.9 Å². The summed E-state index contributed by atoms with van der Waals surface area (Å²) in [7, 11) is 0. The van der Waals surface area contributed by atoms with Gasteiger partial charge in [0.25, 0.3) is 0 Å². The highest BCUT2D eigenvalue weighted by Crippen LogP contribution is 2.18. The van der Waals surface area contributed by atoms with Gasteiger partial charge < -0.3 is 19.3 Å². The molecule has 0 spiro atoms. The van der Waals surface area contributed by atoms with Gasteiger partial charge >= 0.3 is 12.1 Å². The van der Waals surface area contributed by atoms with Crippen molar-refractivity contribution in [2.75, 3.05) is 6.54 Å². The third kappa shape index (κ3) is 6.87. The first-order valence-electron chi connectivity index (χ1n) is 9.31. The number of aliphatic carboxylic acids is 1. The molecule has 10 heteroatoms. The smallest absolute Gasteiger partial charge is 0.475 e. The number of carboxylic acid groups (broad SMARTS) is 1. The van der Waals surface area contributed by atoms with E-state index in [0.29, 0.717) is 19.7 Å². The van der Waals surface area contributed by atoms with Gasteiger partial charge in [-0.3, -0.25) is 9.78 Å². The molecule has 1 amide bonds. The van der Waals surface area contributed by atoms with E-state index in [4.69, 9.17) is 14.6 Å². The molecule has 164 valence electrons. The molecule has 1 aliphatic heterocycles. The van der Waals surface area contributed by atoms with E-state index in [1.807, 2.05) is 36.9 Å². The predicted octanol–water partition coefficient (Wildman–Crippen LogP) is 3.10. The normalized spacial score (nSPS) is 16.3. The Balaban J connectivity index is 0.000000396. The first-order valence-corrected chi connectivity index (χ1v) is 9.31. The van der Waals surface area contributed by atoms with Crippen LogP contribution in [0.4, 0.5) is 13.2 Å². The van der Waals surface area contributed by atoms with Crippen LogP contribution in [0.3, 0.4) is 0 Å². The Labute approximate surface area is 172 Å². The number of hydrogen-bond donors (Lipinski definition) is 1. The van der Waals surface area contributed by atoms with Crippen molar-refractivity contribution in [1.82, 2.24) is 14.5 Å². The molecule has 0 saturated carbocycles. The molecule has 30 heavy (non-hydrogen) atoms. The van der Waals surface area contributed by atoms with Crippen molar-refractivity contribution in [1.29, 1.82) is 0 Å². The van der Waals surface area contributed by atoms with Gasteiger partial charge in [-0.05, 0) is 29.8 Å². The number of pyridine rings is 1. The molecule has 0 radical (unpaired) electrons. The zero-order valence-electron chi connectivity index (χ0n) is 16.7. The number of fused-ring (bicyclic) bond motifs is 1. The minimum absolute atomic E-state index is 0.00244. The highest BCUT2D eigenvalue weighted by Gasteiger charge is 2.38. The molecule has 0 fully saturated rings. The summed E-state index contributed by atoms with van der Waals surface area (Å²) >= 11 is 0. The molecule has 0 saturated heterocycles. The Morgan fingerprint density at radius 3 is 2.43 bits per heavy atom. The maximum Gasteiger partial charge on any atom is 0.490 e. The Hall–Kier alpha value is -2.88. The number of amides is 1. The standard InChI is InChI=1S/C18H23N3O2.C2HF3O2/c1-14(2)18(22)21-10-16-4-3-9-20(16)11-17(12-21)23-13-15-5-7-19-8-6-15;3-2(4,5)1(6)7/h3-9,14,17H,10-13H2,1-2H3;(H,6,7). The summed E-state index contributed by atoms with van der Waals surface area (Å²) < 4.78 is 40.0. The highest BCUT2D eigenvalue weighted by atomic mass is 19.4. The number of carbonyl (C=O) groups is 2. The van der Waals surface area contributed by atoms with Crippen molar-refractivity contribution in [2.45, 2.75) is 45.8 Å². The average molecular weight is 427 g/mol. The fourth-order valence-corrected chi connectivity index (χ4v) is 2.89. The molecule has 2 aromatic heterocycles. The number of halogens is 3. The first kappa shape index (κ1) is 23.4. The minimum Gasteiger partial charge on any atom is -0.475 e. The van der Waals surface area contributed by atoms with Gasteiger partial charge in [0, 0.05) is 36.7 Å². The zero-order chi connectivity index (χ0) is 22.3. The maximum absolute atomic E-state index is 12.5.